The minimum atomic E-state index is -3.47. The Morgan fingerprint density at radius 2 is 1.81 bits per heavy atom. The Kier molecular flexibility index (Phi) is 6.06. The van der Waals surface area contributed by atoms with Gasteiger partial charge in [-0.15, -0.1) is 0 Å². The monoisotopic (exact) mass is 451 g/mol. The lowest BCUT2D eigenvalue weighted by atomic mass is 10.1. The van der Waals surface area contributed by atoms with Crippen molar-refractivity contribution in [3.63, 3.8) is 0 Å². The molecule has 2 heterocycles. The van der Waals surface area contributed by atoms with E-state index >= 15 is 0 Å². The molecule has 9 nitrogen and oxygen atoms in total. The van der Waals surface area contributed by atoms with E-state index in [2.05, 4.69) is 50.8 Å². The van der Waals surface area contributed by atoms with E-state index in [-0.39, 0.29) is 5.75 Å². The molecule has 0 atom stereocenters. The maximum Gasteiger partial charge on any atom is 0.229 e. The zero-order valence-electron chi connectivity index (χ0n) is 17.9. The van der Waals surface area contributed by atoms with Crippen LogP contribution in [0.15, 0.2) is 54.7 Å². The van der Waals surface area contributed by atoms with Gasteiger partial charge in [0.1, 0.15) is 5.82 Å². The topological polar surface area (TPSA) is 128 Å². The Hall–Kier alpha value is -3.50. The number of nitrogens with one attached hydrogen (secondary N) is 2. The molecule has 32 heavy (non-hydrogen) atoms. The van der Waals surface area contributed by atoms with E-state index in [1.165, 1.54) is 0 Å². The summed E-state index contributed by atoms with van der Waals surface area (Å²) in [5.74, 6) is 1.08. The summed E-state index contributed by atoms with van der Waals surface area (Å²) in [4.78, 5) is 8.77. The molecule has 4 aromatic rings. The molecule has 0 aliphatic rings. The van der Waals surface area contributed by atoms with Gasteiger partial charge in [0.25, 0.3) is 0 Å². The molecule has 4 N–H and O–H groups in total. The summed E-state index contributed by atoms with van der Waals surface area (Å²) in [5, 5.41) is 17.2. The summed E-state index contributed by atoms with van der Waals surface area (Å²) >= 11 is 0. The Balaban J connectivity index is 1.38. The molecule has 0 saturated heterocycles. The SMILES string of the molecule is Cc1c2ccc(CNc3ccnc(Nc4ccc(CCS(N)(=O)=O)cc4)n3)cc2nn1C. The number of sulfonamides is 1. The standard InChI is InChI=1S/C22H25N7O2S/c1-15-19-8-5-17(13-20(19)28-29(15)2)14-25-21-9-11-24-22(27-21)26-18-6-3-16(4-7-18)10-12-32(23,30)31/h3-9,11,13H,10,12,14H2,1-2H3,(H2,23,30,31)(H2,24,25,26,27). The van der Waals surface area contributed by atoms with Gasteiger partial charge in [0.15, 0.2) is 0 Å². The number of anilines is 3. The van der Waals surface area contributed by atoms with E-state index in [1.54, 1.807) is 6.20 Å². The molecule has 2 aromatic carbocycles. The van der Waals surface area contributed by atoms with Crippen LogP contribution < -0.4 is 15.8 Å². The van der Waals surface area contributed by atoms with E-state index in [1.807, 2.05) is 42.1 Å². The van der Waals surface area contributed by atoms with E-state index < -0.39 is 10.0 Å². The largest absolute Gasteiger partial charge is 0.366 e. The van der Waals surface area contributed by atoms with E-state index in [0.717, 1.165) is 33.4 Å². The molecule has 0 aliphatic carbocycles. The molecular formula is C22H25N7O2S. The van der Waals surface area contributed by atoms with Gasteiger partial charge < -0.3 is 10.6 Å². The third-order valence-electron chi connectivity index (χ3n) is 5.21. The fourth-order valence-electron chi connectivity index (χ4n) is 3.34. The molecule has 0 aliphatic heterocycles. The maximum atomic E-state index is 11.1. The molecule has 0 unspecified atom stereocenters. The smallest absolute Gasteiger partial charge is 0.229 e. The van der Waals surface area contributed by atoms with Crippen LogP contribution in [0.5, 0.6) is 0 Å². The van der Waals surface area contributed by atoms with Crippen LogP contribution in [-0.4, -0.2) is 33.9 Å². The number of aryl methyl sites for hydroxylation is 3. The molecule has 166 valence electrons. The average molecular weight is 452 g/mol. The highest BCUT2D eigenvalue weighted by molar-refractivity contribution is 7.89. The summed E-state index contributed by atoms with van der Waals surface area (Å²) < 4.78 is 24.1. The molecule has 0 bridgehead atoms. The van der Waals surface area contributed by atoms with Crippen molar-refractivity contribution in [2.24, 2.45) is 12.2 Å². The van der Waals surface area contributed by atoms with E-state index in [9.17, 15) is 8.42 Å². The van der Waals surface area contributed by atoms with Crippen molar-refractivity contribution in [1.82, 2.24) is 19.7 Å². The number of aromatic nitrogens is 4. The Morgan fingerprint density at radius 3 is 2.56 bits per heavy atom. The van der Waals surface area contributed by atoms with Gasteiger partial charge in [-0.1, -0.05) is 24.3 Å². The van der Waals surface area contributed by atoms with E-state index in [4.69, 9.17) is 5.14 Å². The van der Waals surface area contributed by atoms with Crippen molar-refractivity contribution in [2.75, 3.05) is 16.4 Å². The molecule has 0 saturated carbocycles. The number of primary sulfonamides is 1. The average Bonchev–Trinajstić information content (AvgIpc) is 3.04. The van der Waals surface area contributed by atoms with Crippen molar-refractivity contribution in [3.8, 4) is 0 Å². The molecule has 0 radical (unpaired) electrons. The van der Waals surface area contributed by atoms with Crippen LogP contribution in [0.4, 0.5) is 17.5 Å². The number of nitrogens with two attached hydrogens (primary N) is 1. The first-order chi connectivity index (χ1) is 15.3. The molecule has 2 aromatic heterocycles. The van der Waals surface area contributed by atoms with Gasteiger partial charge in [-0.2, -0.15) is 10.1 Å². The summed E-state index contributed by atoms with van der Waals surface area (Å²) in [6.45, 7) is 2.67. The first kappa shape index (κ1) is 21.7. The summed E-state index contributed by atoms with van der Waals surface area (Å²) in [6.07, 6.45) is 2.06. The first-order valence-corrected chi connectivity index (χ1v) is 11.8. The maximum absolute atomic E-state index is 11.1. The van der Waals surface area contributed by atoms with Crippen LogP contribution in [0.1, 0.15) is 16.8 Å². The Labute approximate surface area is 186 Å². The molecular weight excluding hydrogens is 426 g/mol. The van der Waals surface area contributed by atoms with Crippen molar-refractivity contribution in [2.45, 2.75) is 19.9 Å². The zero-order chi connectivity index (χ0) is 22.7. The second-order valence-electron chi connectivity index (χ2n) is 7.62. The first-order valence-electron chi connectivity index (χ1n) is 10.1. The predicted octanol–water partition coefficient (Wildman–Crippen LogP) is 2.86. The lowest BCUT2D eigenvalue weighted by molar-refractivity contribution is 0.597. The number of hydrogen-bond donors (Lipinski definition) is 3. The Morgan fingerprint density at radius 1 is 1.06 bits per heavy atom. The molecule has 10 heteroatoms. The fourth-order valence-corrected chi connectivity index (χ4v) is 3.86. The van der Waals surface area contributed by atoms with Crippen LogP contribution >= 0.6 is 0 Å². The van der Waals surface area contributed by atoms with Crippen LogP contribution in [0, 0.1) is 6.92 Å². The van der Waals surface area contributed by atoms with Gasteiger partial charge in [-0.25, -0.2) is 18.5 Å². The molecule has 0 amide bonds. The van der Waals surface area contributed by atoms with Crippen molar-refractivity contribution in [3.05, 3.63) is 71.5 Å². The Bertz CT molecular complexity index is 1350. The fraction of sp³-hybridized carbons (Fsp3) is 0.227. The van der Waals surface area contributed by atoms with Crippen LogP contribution in [0.3, 0.4) is 0 Å². The van der Waals surface area contributed by atoms with Crippen molar-refractivity contribution in [1.29, 1.82) is 0 Å². The van der Waals surface area contributed by atoms with Gasteiger partial charge in [0, 0.05) is 36.6 Å². The third-order valence-corrected chi connectivity index (χ3v) is 5.98. The summed E-state index contributed by atoms with van der Waals surface area (Å²) in [6, 6.07) is 15.5. The minimum absolute atomic E-state index is 0.0799. The van der Waals surface area contributed by atoms with Gasteiger partial charge >= 0.3 is 0 Å². The van der Waals surface area contributed by atoms with Crippen LogP contribution in [0.25, 0.3) is 10.9 Å². The van der Waals surface area contributed by atoms with Crippen LogP contribution in [0.2, 0.25) is 0 Å². The molecule has 0 fully saturated rings. The minimum Gasteiger partial charge on any atom is -0.366 e. The van der Waals surface area contributed by atoms with Gasteiger partial charge in [0.2, 0.25) is 16.0 Å². The number of benzene rings is 2. The van der Waals surface area contributed by atoms with E-state index in [0.29, 0.717) is 24.7 Å². The number of fused-ring (bicyclic) bond motifs is 1. The highest BCUT2D eigenvalue weighted by Gasteiger charge is 2.07. The zero-order valence-corrected chi connectivity index (χ0v) is 18.7. The lowest BCUT2D eigenvalue weighted by Crippen LogP contribution is -2.17. The second kappa shape index (κ2) is 8.93. The summed E-state index contributed by atoms with van der Waals surface area (Å²) in [5.41, 5.74) is 4.92. The number of hydrogen-bond acceptors (Lipinski definition) is 7. The van der Waals surface area contributed by atoms with Gasteiger partial charge in [-0.05, 0) is 48.7 Å². The quantitative estimate of drug-likeness (QED) is 0.376. The lowest BCUT2D eigenvalue weighted by Gasteiger charge is -2.09. The van der Waals surface area contributed by atoms with Crippen molar-refractivity contribution >= 4 is 38.4 Å². The molecule has 0 spiro atoms. The molecule has 4 rings (SSSR count). The predicted molar refractivity (Wildman–Crippen MR) is 126 cm³/mol. The van der Waals surface area contributed by atoms with Crippen molar-refractivity contribution < 1.29 is 8.42 Å². The third kappa shape index (κ3) is 5.40. The number of rotatable bonds is 8. The van der Waals surface area contributed by atoms with Gasteiger partial charge in [-0.3, -0.25) is 4.68 Å². The highest BCUT2D eigenvalue weighted by atomic mass is 32.2. The van der Waals surface area contributed by atoms with Gasteiger partial charge in [0.05, 0.1) is 11.3 Å². The highest BCUT2D eigenvalue weighted by Crippen LogP contribution is 2.20. The normalized spacial score (nSPS) is 11.6. The van der Waals surface area contributed by atoms with Crippen LogP contribution in [-0.2, 0) is 30.0 Å². The second-order valence-corrected chi connectivity index (χ2v) is 9.35. The number of nitrogens with zero attached hydrogens (tertiary/aromatic N) is 4. The summed E-state index contributed by atoms with van der Waals surface area (Å²) in [7, 11) is -1.53.